The van der Waals surface area contributed by atoms with E-state index < -0.39 is 5.97 Å². The van der Waals surface area contributed by atoms with Gasteiger partial charge in [0.1, 0.15) is 12.4 Å². The number of carboxylic acid groups (broad SMARTS) is 1. The Kier molecular flexibility index (Phi) is 6.70. The van der Waals surface area contributed by atoms with Gasteiger partial charge in [-0.2, -0.15) is 0 Å². The number of carboxylic acids is 1. The first-order chi connectivity index (χ1) is 13.4. The maximum absolute atomic E-state index is 10.8. The van der Waals surface area contributed by atoms with E-state index >= 15 is 0 Å². The smallest absolute Gasteiger partial charge is 0.304 e. The average Bonchev–Trinajstić information content (AvgIpc) is 2.64. The summed E-state index contributed by atoms with van der Waals surface area (Å²) in [6.45, 7) is 9.48. The van der Waals surface area contributed by atoms with Crippen molar-refractivity contribution in [1.29, 1.82) is 0 Å². The fourth-order valence-corrected chi connectivity index (χ4v) is 3.77. The number of aryl methyl sites for hydroxylation is 3. The summed E-state index contributed by atoms with van der Waals surface area (Å²) in [5.41, 5.74) is 5.92. The molecule has 0 bridgehead atoms. The van der Waals surface area contributed by atoms with Crippen molar-refractivity contribution >= 4 is 5.97 Å². The summed E-state index contributed by atoms with van der Waals surface area (Å²) < 4.78 is 11.9. The zero-order valence-corrected chi connectivity index (χ0v) is 16.9. The van der Waals surface area contributed by atoms with Crippen LogP contribution < -0.4 is 4.74 Å². The topological polar surface area (TPSA) is 59.0 Å². The van der Waals surface area contributed by atoms with Gasteiger partial charge >= 0.3 is 5.97 Å². The van der Waals surface area contributed by atoms with E-state index in [-0.39, 0.29) is 12.5 Å². The molecule has 1 N–H and O–H groups in total. The summed E-state index contributed by atoms with van der Waals surface area (Å²) >= 11 is 0. The summed E-state index contributed by atoms with van der Waals surface area (Å²) in [6, 6.07) is 12.6. The molecule has 1 saturated heterocycles. The van der Waals surface area contributed by atoms with Crippen molar-refractivity contribution < 1.29 is 19.4 Å². The van der Waals surface area contributed by atoms with E-state index in [0.29, 0.717) is 19.8 Å². The molecule has 5 heteroatoms. The second kappa shape index (κ2) is 9.22. The maximum Gasteiger partial charge on any atom is 0.304 e. The lowest BCUT2D eigenvalue weighted by Gasteiger charge is -2.33. The predicted molar refractivity (Wildman–Crippen MR) is 109 cm³/mol. The second-order valence-corrected chi connectivity index (χ2v) is 7.61. The third kappa shape index (κ3) is 5.57. The minimum Gasteiger partial charge on any atom is -0.489 e. The molecule has 0 aliphatic carbocycles. The van der Waals surface area contributed by atoms with E-state index in [1.807, 2.05) is 6.07 Å². The first-order valence-corrected chi connectivity index (χ1v) is 9.77. The Morgan fingerprint density at radius 2 is 1.93 bits per heavy atom. The van der Waals surface area contributed by atoms with Crippen LogP contribution >= 0.6 is 0 Å². The monoisotopic (exact) mass is 383 g/mol. The minimum atomic E-state index is -0.760. The predicted octanol–water partition coefficient (Wildman–Crippen LogP) is 4.04. The number of carbonyl (C=O) groups is 1. The lowest BCUT2D eigenvalue weighted by molar-refractivity contribution is -0.137. The molecule has 5 nitrogen and oxygen atoms in total. The van der Waals surface area contributed by atoms with Gasteiger partial charge in [-0.1, -0.05) is 35.4 Å². The average molecular weight is 383 g/mol. The maximum atomic E-state index is 10.8. The summed E-state index contributed by atoms with van der Waals surface area (Å²) in [5.74, 6) is 0.0866. The molecule has 1 unspecified atom stereocenters. The van der Waals surface area contributed by atoms with E-state index in [1.165, 1.54) is 16.7 Å². The Bertz CT molecular complexity index is 813. The molecule has 0 spiro atoms. The van der Waals surface area contributed by atoms with Crippen molar-refractivity contribution in [1.82, 2.24) is 4.90 Å². The molecule has 3 rings (SSSR count). The SMILES string of the molecule is Cc1cc(C)cc(COc2ccc(C3CN(CCC(=O)O)CCO3)c(C)c2)c1. The van der Waals surface area contributed by atoms with E-state index in [1.54, 1.807) is 0 Å². The Morgan fingerprint density at radius 3 is 2.61 bits per heavy atom. The summed E-state index contributed by atoms with van der Waals surface area (Å²) in [4.78, 5) is 13.0. The zero-order valence-electron chi connectivity index (χ0n) is 16.9. The van der Waals surface area contributed by atoms with Gasteiger partial charge in [-0.05, 0) is 49.6 Å². The van der Waals surface area contributed by atoms with Crippen LogP contribution in [0.4, 0.5) is 0 Å². The van der Waals surface area contributed by atoms with Gasteiger partial charge in [0, 0.05) is 19.6 Å². The highest BCUT2D eigenvalue weighted by Gasteiger charge is 2.23. The molecule has 0 aromatic heterocycles. The highest BCUT2D eigenvalue weighted by Crippen LogP contribution is 2.28. The van der Waals surface area contributed by atoms with Crippen LogP contribution in [0, 0.1) is 20.8 Å². The molecule has 150 valence electrons. The molecule has 28 heavy (non-hydrogen) atoms. The Balaban J connectivity index is 1.62. The van der Waals surface area contributed by atoms with E-state index in [2.05, 4.69) is 56.0 Å². The largest absolute Gasteiger partial charge is 0.489 e. The van der Waals surface area contributed by atoms with E-state index in [4.69, 9.17) is 14.6 Å². The number of aliphatic carboxylic acids is 1. The number of benzene rings is 2. The van der Waals surface area contributed by atoms with Crippen molar-refractivity contribution in [3.8, 4) is 5.75 Å². The molecule has 1 atom stereocenters. The second-order valence-electron chi connectivity index (χ2n) is 7.61. The van der Waals surface area contributed by atoms with E-state index in [0.717, 1.165) is 30.0 Å². The number of hydrogen-bond acceptors (Lipinski definition) is 4. The molecule has 1 aliphatic heterocycles. The van der Waals surface area contributed by atoms with E-state index in [9.17, 15) is 4.79 Å². The molecule has 2 aromatic carbocycles. The van der Waals surface area contributed by atoms with Crippen LogP contribution in [0.25, 0.3) is 0 Å². The van der Waals surface area contributed by atoms with Gasteiger partial charge in [0.2, 0.25) is 0 Å². The number of rotatable bonds is 7. The van der Waals surface area contributed by atoms with Gasteiger partial charge in [0.15, 0.2) is 0 Å². The standard InChI is InChI=1S/C23H29NO4/c1-16-10-17(2)12-19(11-16)15-28-20-4-5-21(18(3)13-20)22-14-24(8-9-27-22)7-6-23(25)26/h4-5,10-13,22H,6-9,14-15H2,1-3H3,(H,25,26). The van der Waals surface area contributed by atoms with Crippen molar-refractivity contribution in [2.45, 2.75) is 39.9 Å². The van der Waals surface area contributed by atoms with Crippen molar-refractivity contribution in [2.75, 3.05) is 26.2 Å². The molecular formula is C23H29NO4. The Labute approximate surface area is 166 Å². The minimum absolute atomic E-state index is 0.0315. The van der Waals surface area contributed by atoms with Crippen LogP contribution in [0.5, 0.6) is 5.75 Å². The first kappa shape index (κ1) is 20.4. The fourth-order valence-electron chi connectivity index (χ4n) is 3.77. The van der Waals surface area contributed by atoms with Gasteiger partial charge in [0.05, 0.1) is 19.1 Å². The molecule has 0 saturated carbocycles. The van der Waals surface area contributed by atoms with Gasteiger partial charge in [-0.3, -0.25) is 9.69 Å². The Morgan fingerprint density at radius 1 is 1.18 bits per heavy atom. The van der Waals surface area contributed by atoms with Gasteiger partial charge in [-0.15, -0.1) is 0 Å². The highest BCUT2D eigenvalue weighted by atomic mass is 16.5. The number of hydrogen-bond donors (Lipinski definition) is 1. The molecule has 1 aliphatic rings. The van der Waals surface area contributed by atoms with Gasteiger partial charge in [-0.25, -0.2) is 0 Å². The fraction of sp³-hybridized carbons (Fsp3) is 0.435. The van der Waals surface area contributed by atoms with Gasteiger partial charge in [0.25, 0.3) is 0 Å². The third-order valence-electron chi connectivity index (χ3n) is 5.07. The van der Waals surface area contributed by atoms with Crippen molar-refractivity contribution in [2.24, 2.45) is 0 Å². The van der Waals surface area contributed by atoms with Crippen LogP contribution in [-0.2, 0) is 16.1 Å². The lowest BCUT2D eigenvalue weighted by atomic mass is 10.0. The van der Waals surface area contributed by atoms with Crippen molar-refractivity contribution in [3.05, 3.63) is 64.2 Å². The van der Waals surface area contributed by atoms with Crippen LogP contribution in [0.2, 0.25) is 0 Å². The van der Waals surface area contributed by atoms with Crippen molar-refractivity contribution in [3.63, 3.8) is 0 Å². The lowest BCUT2D eigenvalue weighted by Crippen LogP contribution is -2.39. The van der Waals surface area contributed by atoms with Crippen LogP contribution in [-0.4, -0.2) is 42.2 Å². The third-order valence-corrected chi connectivity index (χ3v) is 5.07. The number of nitrogens with zero attached hydrogens (tertiary/aromatic N) is 1. The quantitative estimate of drug-likeness (QED) is 0.782. The molecule has 0 amide bonds. The molecule has 2 aromatic rings. The highest BCUT2D eigenvalue weighted by molar-refractivity contribution is 5.66. The van der Waals surface area contributed by atoms with Crippen LogP contribution in [0.3, 0.4) is 0 Å². The van der Waals surface area contributed by atoms with Gasteiger partial charge < -0.3 is 14.6 Å². The first-order valence-electron chi connectivity index (χ1n) is 9.77. The summed E-state index contributed by atoms with van der Waals surface area (Å²) in [6.07, 6.45) is 0.132. The number of morpholine rings is 1. The summed E-state index contributed by atoms with van der Waals surface area (Å²) in [7, 11) is 0. The normalized spacial score (nSPS) is 17.5. The molecular weight excluding hydrogens is 354 g/mol. The van der Waals surface area contributed by atoms with Crippen LogP contribution in [0.15, 0.2) is 36.4 Å². The Hall–Kier alpha value is -2.37. The van der Waals surface area contributed by atoms with Crippen LogP contribution in [0.1, 0.15) is 40.3 Å². The zero-order chi connectivity index (χ0) is 20.1. The molecule has 1 fully saturated rings. The number of ether oxygens (including phenoxy) is 2. The molecule has 1 heterocycles. The molecule has 0 radical (unpaired) electrons. The summed E-state index contributed by atoms with van der Waals surface area (Å²) in [5, 5.41) is 8.89.